The third kappa shape index (κ3) is 4.17. The zero-order chi connectivity index (χ0) is 20.1. The van der Waals surface area contributed by atoms with Crippen LogP contribution in [0, 0.1) is 5.41 Å². The SMILES string of the molecule is CCNC(=NCc1nccn1Cc1ccccc1)NC1CC(OCC)C12CCC2. The van der Waals surface area contributed by atoms with Crippen molar-refractivity contribution in [3.63, 3.8) is 0 Å². The van der Waals surface area contributed by atoms with E-state index < -0.39 is 0 Å². The second kappa shape index (κ2) is 8.99. The van der Waals surface area contributed by atoms with Crippen LogP contribution in [0.2, 0.25) is 0 Å². The summed E-state index contributed by atoms with van der Waals surface area (Å²) in [5, 5.41) is 7.10. The highest BCUT2D eigenvalue weighted by atomic mass is 16.5. The van der Waals surface area contributed by atoms with Gasteiger partial charge in [-0.25, -0.2) is 9.98 Å². The largest absolute Gasteiger partial charge is 0.378 e. The van der Waals surface area contributed by atoms with Gasteiger partial charge in [0.05, 0.1) is 6.10 Å². The van der Waals surface area contributed by atoms with Gasteiger partial charge in [0, 0.05) is 43.5 Å². The second-order valence-electron chi connectivity index (χ2n) is 8.12. The fourth-order valence-corrected chi connectivity index (χ4v) is 4.69. The van der Waals surface area contributed by atoms with Crippen LogP contribution in [0.15, 0.2) is 47.7 Å². The molecule has 2 saturated carbocycles. The predicted octanol–water partition coefficient (Wildman–Crippen LogP) is 3.33. The molecule has 2 unspecified atom stereocenters. The van der Waals surface area contributed by atoms with Crippen molar-refractivity contribution in [1.82, 2.24) is 20.2 Å². The highest BCUT2D eigenvalue weighted by molar-refractivity contribution is 5.80. The molecule has 0 radical (unpaired) electrons. The van der Waals surface area contributed by atoms with E-state index in [1.54, 1.807) is 0 Å². The number of aliphatic imine (C=N–C) groups is 1. The summed E-state index contributed by atoms with van der Waals surface area (Å²) in [7, 11) is 0. The minimum Gasteiger partial charge on any atom is -0.378 e. The van der Waals surface area contributed by atoms with Crippen LogP contribution in [0.25, 0.3) is 0 Å². The average Bonchev–Trinajstić information content (AvgIpc) is 3.11. The van der Waals surface area contributed by atoms with Crippen LogP contribution < -0.4 is 10.6 Å². The van der Waals surface area contributed by atoms with E-state index >= 15 is 0 Å². The average molecular weight is 396 g/mol. The monoisotopic (exact) mass is 395 g/mol. The molecule has 2 fully saturated rings. The lowest BCUT2D eigenvalue weighted by atomic mass is 9.51. The number of benzene rings is 1. The Morgan fingerprint density at radius 2 is 2.10 bits per heavy atom. The van der Waals surface area contributed by atoms with Gasteiger partial charge in [0.25, 0.3) is 0 Å². The van der Waals surface area contributed by atoms with Crippen LogP contribution >= 0.6 is 0 Å². The maximum atomic E-state index is 5.98. The van der Waals surface area contributed by atoms with Gasteiger partial charge in [-0.1, -0.05) is 36.8 Å². The van der Waals surface area contributed by atoms with Gasteiger partial charge < -0.3 is 19.9 Å². The van der Waals surface area contributed by atoms with E-state index in [0.29, 0.717) is 24.1 Å². The van der Waals surface area contributed by atoms with Crippen LogP contribution in [0.1, 0.15) is 50.9 Å². The summed E-state index contributed by atoms with van der Waals surface area (Å²) in [5.74, 6) is 1.86. The van der Waals surface area contributed by atoms with Crippen LogP contribution in [0.4, 0.5) is 0 Å². The number of hydrogen-bond acceptors (Lipinski definition) is 3. The normalized spacial score (nSPS) is 22.8. The number of hydrogen-bond donors (Lipinski definition) is 2. The van der Waals surface area contributed by atoms with Crippen molar-refractivity contribution in [2.45, 2.75) is 64.8 Å². The predicted molar refractivity (Wildman–Crippen MR) is 116 cm³/mol. The topological polar surface area (TPSA) is 63.5 Å². The number of ether oxygens (including phenoxy) is 1. The highest BCUT2D eigenvalue weighted by Crippen LogP contribution is 2.57. The fourth-order valence-electron chi connectivity index (χ4n) is 4.69. The number of rotatable bonds is 8. The van der Waals surface area contributed by atoms with E-state index in [0.717, 1.165) is 37.9 Å². The minimum atomic E-state index is 0.317. The number of imidazole rings is 1. The summed E-state index contributed by atoms with van der Waals surface area (Å²) in [6.07, 6.45) is 9.20. The molecule has 29 heavy (non-hydrogen) atoms. The van der Waals surface area contributed by atoms with E-state index in [2.05, 4.69) is 58.3 Å². The van der Waals surface area contributed by atoms with Gasteiger partial charge in [-0.2, -0.15) is 0 Å². The molecule has 4 rings (SSSR count). The first-order valence-corrected chi connectivity index (χ1v) is 11.0. The summed E-state index contributed by atoms with van der Waals surface area (Å²) in [4.78, 5) is 9.38. The molecule has 0 amide bonds. The zero-order valence-corrected chi connectivity index (χ0v) is 17.6. The van der Waals surface area contributed by atoms with Crippen molar-refractivity contribution in [2.75, 3.05) is 13.2 Å². The molecule has 0 bridgehead atoms. The molecular formula is C23H33N5O. The lowest BCUT2D eigenvalue weighted by Gasteiger charge is -2.61. The quantitative estimate of drug-likeness (QED) is 0.532. The molecule has 2 aliphatic carbocycles. The van der Waals surface area contributed by atoms with Gasteiger partial charge in [0.2, 0.25) is 0 Å². The molecular weight excluding hydrogens is 362 g/mol. The van der Waals surface area contributed by atoms with Crippen molar-refractivity contribution >= 4 is 5.96 Å². The zero-order valence-electron chi connectivity index (χ0n) is 17.6. The maximum Gasteiger partial charge on any atom is 0.191 e. The van der Waals surface area contributed by atoms with E-state index in [1.807, 2.05) is 18.5 Å². The molecule has 2 N–H and O–H groups in total. The van der Waals surface area contributed by atoms with Crippen molar-refractivity contribution in [3.05, 3.63) is 54.1 Å². The van der Waals surface area contributed by atoms with Gasteiger partial charge in [-0.05, 0) is 38.7 Å². The summed E-state index contributed by atoms with van der Waals surface area (Å²) >= 11 is 0. The molecule has 0 aliphatic heterocycles. The van der Waals surface area contributed by atoms with Crippen molar-refractivity contribution in [1.29, 1.82) is 0 Å². The Morgan fingerprint density at radius 1 is 1.28 bits per heavy atom. The van der Waals surface area contributed by atoms with Gasteiger partial charge in [0.15, 0.2) is 5.96 Å². The molecule has 1 spiro atoms. The van der Waals surface area contributed by atoms with E-state index in [-0.39, 0.29) is 0 Å². The standard InChI is InChI=1S/C23H33N5O/c1-3-24-22(27-19-15-20(29-4-2)23(19)11-8-12-23)26-16-21-25-13-14-28(21)17-18-9-6-5-7-10-18/h5-7,9-10,13-14,19-20H,3-4,8,11-12,15-17H2,1-2H3,(H2,24,26,27). The molecule has 6 heteroatoms. The smallest absolute Gasteiger partial charge is 0.191 e. The number of guanidine groups is 1. The van der Waals surface area contributed by atoms with Crippen molar-refractivity contribution in [3.8, 4) is 0 Å². The Kier molecular flexibility index (Phi) is 6.19. The Balaban J connectivity index is 1.40. The molecule has 1 aromatic carbocycles. The summed E-state index contributed by atoms with van der Waals surface area (Å²) in [5.41, 5.74) is 1.59. The van der Waals surface area contributed by atoms with Crippen LogP contribution in [0.5, 0.6) is 0 Å². The molecule has 2 atom stereocenters. The van der Waals surface area contributed by atoms with Crippen LogP contribution in [-0.2, 0) is 17.8 Å². The first-order valence-electron chi connectivity index (χ1n) is 11.0. The van der Waals surface area contributed by atoms with E-state index in [9.17, 15) is 0 Å². The Morgan fingerprint density at radius 3 is 2.79 bits per heavy atom. The molecule has 6 nitrogen and oxygen atoms in total. The fraction of sp³-hybridized carbons (Fsp3) is 0.565. The second-order valence-corrected chi connectivity index (χ2v) is 8.12. The molecule has 1 aromatic heterocycles. The minimum absolute atomic E-state index is 0.317. The maximum absolute atomic E-state index is 5.98. The third-order valence-electron chi connectivity index (χ3n) is 6.47. The van der Waals surface area contributed by atoms with Crippen molar-refractivity contribution < 1.29 is 4.74 Å². The first-order chi connectivity index (χ1) is 14.2. The Hall–Kier alpha value is -2.34. The van der Waals surface area contributed by atoms with Gasteiger partial charge in [0.1, 0.15) is 12.4 Å². The van der Waals surface area contributed by atoms with Crippen LogP contribution in [0.3, 0.4) is 0 Å². The Bertz CT molecular complexity index is 812. The van der Waals surface area contributed by atoms with E-state index in [4.69, 9.17) is 9.73 Å². The Labute approximate surface area is 173 Å². The number of aromatic nitrogens is 2. The van der Waals surface area contributed by atoms with Gasteiger partial charge in [-0.3, -0.25) is 0 Å². The summed E-state index contributed by atoms with van der Waals surface area (Å²) in [6.45, 7) is 7.23. The molecule has 156 valence electrons. The molecule has 0 saturated heterocycles. The third-order valence-corrected chi connectivity index (χ3v) is 6.47. The number of nitrogens with zero attached hydrogens (tertiary/aromatic N) is 3. The van der Waals surface area contributed by atoms with Gasteiger partial charge >= 0.3 is 0 Å². The number of nitrogens with one attached hydrogen (secondary N) is 2. The molecule has 1 heterocycles. The molecule has 2 aromatic rings. The first kappa shape index (κ1) is 20.0. The summed E-state index contributed by atoms with van der Waals surface area (Å²) < 4.78 is 8.16. The molecule has 2 aliphatic rings. The lowest BCUT2D eigenvalue weighted by Crippen LogP contribution is -2.68. The van der Waals surface area contributed by atoms with Crippen molar-refractivity contribution in [2.24, 2.45) is 10.4 Å². The highest BCUT2D eigenvalue weighted by Gasteiger charge is 2.59. The summed E-state index contributed by atoms with van der Waals surface area (Å²) in [6, 6.07) is 10.9. The van der Waals surface area contributed by atoms with Crippen LogP contribution in [-0.4, -0.2) is 40.8 Å². The van der Waals surface area contributed by atoms with Gasteiger partial charge in [-0.15, -0.1) is 0 Å². The van der Waals surface area contributed by atoms with E-state index in [1.165, 1.54) is 24.8 Å². The lowest BCUT2D eigenvalue weighted by molar-refractivity contribution is -0.168.